The van der Waals surface area contributed by atoms with Gasteiger partial charge in [0.1, 0.15) is 24.4 Å². The molecule has 1 aliphatic rings. The molecule has 1 aromatic heterocycles. The van der Waals surface area contributed by atoms with Crippen LogP contribution in [0.2, 0.25) is 0 Å². The fourth-order valence-corrected chi connectivity index (χ4v) is 3.67. The fraction of sp³-hybridized carbons (Fsp3) is 0.292. The number of ether oxygens (including phenoxy) is 2. The lowest BCUT2D eigenvalue weighted by molar-refractivity contribution is -0.134. The van der Waals surface area contributed by atoms with E-state index in [9.17, 15) is 4.79 Å². The first-order valence-corrected chi connectivity index (χ1v) is 10.1. The van der Waals surface area contributed by atoms with Crippen LogP contribution in [-0.4, -0.2) is 40.5 Å². The van der Waals surface area contributed by atoms with Crippen LogP contribution in [0.3, 0.4) is 0 Å². The molecule has 0 saturated carbocycles. The van der Waals surface area contributed by atoms with Crippen molar-refractivity contribution in [2.45, 2.75) is 32.4 Å². The van der Waals surface area contributed by atoms with Crippen LogP contribution >= 0.6 is 0 Å². The minimum absolute atomic E-state index is 0.00119. The molecule has 0 spiro atoms. The van der Waals surface area contributed by atoms with Gasteiger partial charge in [0.25, 0.3) is 0 Å². The molecule has 0 N–H and O–H groups in total. The monoisotopic (exact) mass is 403 g/mol. The molecular weight excluding hydrogens is 378 g/mol. The first-order valence-electron chi connectivity index (χ1n) is 10.1. The zero-order valence-corrected chi connectivity index (χ0v) is 17.2. The number of aryl methyl sites for hydroxylation is 1. The van der Waals surface area contributed by atoms with Crippen molar-refractivity contribution in [1.82, 2.24) is 14.9 Å². The number of hydrogen-bond donors (Lipinski definition) is 0. The minimum Gasteiger partial charge on any atom is -0.497 e. The van der Waals surface area contributed by atoms with Gasteiger partial charge in [-0.1, -0.05) is 18.2 Å². The highest BCUT2D eigenvalue weighted by molar-refractivity contribution is 5.77. The van der Waals surface area contributed by atoms with Crippen molar-refractivity contribution in [2.24, 2.45) is 0 Å². The maximum atomic E-state index is 13.1. The largest absolute Gasteiger partial charge is 0.497 e. The fourth-order valence-electron chi connectivity index (χ4n) is 3.67. The summed E-state index contributed by atoms with van der Waals surface area (Å²) in [5.41, 5.74) is 4.04. The van der Waals surface area contributed by atoms with Gasteiger partial charge in [-0.2, -0.15) is 0 Å². The number of fused-ring (bicyclic) bond motifs is 1. The van der Waals surface area contributed by atoms with Gasteiger partial charge in [0.2, 0.25) is 5.91 Å². The number of amides is 1. The van der Waals surface area contributed by atoms with Crippen LogP contribution in [0.15, 0.2) is 61.2 Å². The van der Waals surface area contributed by atoms with E-state index in [4.69, 9.17) is 9.47 Å². The Morgan fingerprint density at radius 2 is 2.00 bits per heavy atom. The van der Waals surface area contributed by atoms with Gasteiger partial charge in [-0.15, -0.1) is 0 Å². The van der Waals surface area contributed by atoms with Crippen LogP contribution in [0.25, 0.3) is 11.1 Å². The summed E-state index contributed by atoms with van der Waals surface area (Å²) >= 11 is 0. The molecule has 1 aliphatic heterocycles. The van der Waals surface area contributed by atoms with Crippen molar-refractivity contribution < 1.29 is 14.3 Å². The van der Waals surface area contributed by atoms with Crippen molar-refractivity contribution in [3.63, 3.8) is 0 Å². The zero-order chi connectivity index (χ0) is 20.9. The van der Waals surface area contributed by atoms with Crippen molar-refractivity contribution in [3.05, 3.63) is 72.3 Å². The van der Waals surface area contributed by atoms with E-state index in [1.54, 1.807) is 19.5 Å². The Labute approximate surface area is 176 Å². The Morgan fingerprint density at radius 3 is 2.80 bits per heavy atom. The molecule has 0 unspecified atom stereocenters. The average Bonchev–Trinajstić information content (AvgIpc) is 2.96. The molecule has 30 heavy (non-hydrogen) atoms. The first kappa shape index (κ1) is 19.9. The van der Waals surface area contributed by atoms with Gasteiger partial charge in [0, 0.05) is 36.5 Å². The molecule has 2 heterocycles. The normalized spacial score (nSPS) is 15.7. The molecular formula is C24H25N3O3. The maximum absolute atomic E-state index is 13.1. The lowest BCUT2D eigenvalue weighted by atomic mass is 10.0. The Hall–Kier alpha value is -3.41. The number of methoxy groups -OCH3 is 1. The maximum Gasteiger partial charge on any atom is 0.223 e. The highest BCUT2D eigenvalue weighted by atomic mass is 16.5. The van der Waals surface area contributed by atoms with E-state index in [1.165, 1.54) is 6.33 Å². The van der Waals surface area contributed by atoms with Gasteiger partial charge in [-0.3, -0.25) is 4.79 Å². The predicted octanol–water partition coefficient (Wildman–Crippen LogP) is 3.89. The van der Waals surface area contributed by atoms with Crippen LogP contribution in [-0.2, 0) is 17.8 Å². The number of benzene rings is 2. The summed E-state index contributed by atoms with van der Waals surface area (Å²) in [6.07, 6.45) is 6.20. The molecule has 0 aliphatic carbocycles. The number of aromatic nitrogens is 2. The van der Waals surface area contributed by atoms with Crippen molar-refractivity contribution in [3.8, 4) is 22.6 Å². The van der Waals surface area contributed by atoms with Gasteiger partial charge < -0.3 is 14.4 Å². The Kier molecular flexibility index (Phi) is 5.93. The molecule has 3 aromatic rings. The summed E-state index contributed by atoms with van der Waals surface area (Å²) in [6, 6.07) is 13.9. The van der Waals surface area contributed by atoms with Gasteiger partial charge in [0.15, 0.2) is 0 Å². The Balaban J connectivity index is 1.50. The van der Waals surface area contributed by atoms with Crippen molar-refractivity contribution in [1.29, 1.82) is 0 Å². The summed E-state index contributed by atoms with van der Waals surface area (Å²) in [4.78, 5) is 23.2. The van der Waals surface area contributed by atoms with Gasteiger partial charge in [0.05, 0.1) is 13.2 Å². The second-order valence-corrected chi connectivity index (χ2v) is 7.48. The highest BCUT2D eigenvalue weighted by Crippen LogP contribution is 2.30. The standard InChI is InChI=1S/C24H25N3O3/c1-17-15-30-23-8-7-19(21-12-25-16-26-13-21)11-20(23)14-27(17)24(28)9-6-18-4-3-5-22(10-18)29-2/h3-5,7-8,10-13,16-17H,6,9,14-15H2,1-2H3/t17-/m1/s1. The minimum atomic E-state index is -0.00119. The van der Waals surface area contributed by atoms with Crippen molar-refractivity contribution >= 4 is 5.91 Å². The molecule has 0 radical (unpaired) electrons. The topological polar surface area (TPSA) is 64.5 Å². The molecule has 1 atom stereocenters. The number of rotatable bonds is 5. The molecule has 6 nitrogen and oxygen atoms in total. The van der Waals surface area contributed by atoms with E-state index in [1.807, 2.05) is 48.2 Å². The smallest absolute Gasteiger partial charge is 0.223 e. The summed E-state index contributed by atoms with van der Waals surface area (Å²) < 4.78 is 11.3. The van der Waals surface area contributed by atoms with Crippen LogP contribution in [0.1, 0.15) is 24.5 Å². The molecule has 154 valence electrons. The summed E-state index contributed by atoms with van der Waals surface area (Å²) in [7, 11) is 1.65. The second-order valence-electron chi connectivity index (χ2n) is 7.48. The SMILES string of the molecule is COc1cccc(CCC(=O)N2Cc3cc(-c4cncnc4)ccc3OC[C@H]2C)c1. The van der Waals surface area contributed by atoms with E-state index in [0.29, 0.717) is 26.0 Å². The van der Waals surface area contributed by atoms with Crippen LogP contribution in [0.4, 0.5) is 0 Å². The van der Waals surface area contributed by atoms with E-state index in [0.717, 1.165) is 33.8 Å². The number of nitrogens with zero attached hydrogens (tertiary/aromatic N) is 3. The molecule has 0 fully saturated rings. The third kappa shape index (κ3) is 4.43. The van der Waals surface area contributed by atoms with E-state index in [2.05, 4.69) is 16.0 Å². The molecule has 6 heteroatoms. The Bertz CT molecular complexity index is 1020. The van der Waals surface area contributed by atoms with Crippen LogP contribution in [0.5, 0.6) is 11.5 Å². The average molecular weight is 403 g/mol. The highest BCUT2D eigenvalue weighted by Gasteiger charge is 2.25. The first-order chi connectivity index (χ1) is 14.6. The third-order valence-electron chi connectivity index (χ3n) is 5.39. The summed E-state index contributed by atoms with van der Waals surface area (Å²) in [5, 5.41) is 0. The molecule has 4 rings (SSSR count). The number of carbonyl (C=O) groups excluding carboxylic acids is 1. The third-order valence-corrected chi connectivity index (χ3v) is 5.39. The number of hydrogen-bond acceptors (Lipinski definition) is 5. The summed E-state index contributed by atoms with van der Waals surface area (Å²) in [6.45, 7) is 3.03. The predicted molar refractivity (Wildman–Crippen MR) is 114 cm³/mol. The zero-order valence-electron chi connectivity index (χ0n) is 17.2. The Morgan fingerprint density at radius 1 is 1.17 bits per heavy atom. The van der Waals surface area contributed by atoms with Gasteiger partial charge in [-0.05, 0) is 48.7 Å². The molecule has 0 bridgehead atoms. The summed E-state index contributed by atoms with van der Waals surface area (Å²) in [5.74, 6) is 1.75. The van der Waals surface area contributed by atoms with Crippen molar-refractivity contribution in [2.75, 3.05) is 13.7 Å². The molecule has 2 aromatic carbocycles. The lowest BCUT2D eigenvalue weighted by Gasteiger charge is -2.26. The quantitative estimate of drug-likeness (QED) is 0.647. The molecule has 0 saturated heterocycles. The molecule has 1 amide bonds. The van der Waals surface area contributed by atoms with E-state index >= 15 is 0 Å². The lowest BCUT2D eigenvalue weighted by Crippen LogP contribution is -2.39. The second kappa shape index (κ2) is 8.95. The number of carbonyl (C=O) groups is 1. The van der Waals surface area contributed by atoms with E-state index < -0.39 is 0 Å². The van der Waals surface area contributed by atoms with Crippen LogP contribution in [0, 0.1) is 0 Å². The van der Waals surface area contributed by atoms with Crippen LogP contribution < -0.4 is 9.47 Å². The van der Waals surface area contributed by atoms with E-state index in [-0.39, 0.29) is 11.9 Å². The van der Waals surface area contributed by atoms with Gasteiger partial charge in [-0.25, -0.2) is 9.97 Å². The van der Waals surface area contributed by atoms with Gasteiger partial charge >= 0.3 is 0 Å².